The van der Waals surface area contributed by atoms with Gasteiger partial charge in [-0.3, -0.25) is 0 Å². The van der Waals surface area contributed by atoms with E-state index in [0.29, 0.717) is 15.6 Å². The van der Waals surface area contributed by atoms with Crippen LogP contribution in [-0.4, -0.2) is 9.97 Å². The quantitative estimate of drug-likeness (QED) is 0.770. The number of halogens is 2. The summed E-state index contributed by atoms with van der Waals surface area (Å²) in [5, 5.41) is 0.699. The van der Waals surface area contributed by atoms with Crippen molar-refractivity contribution in [3.8, 4) is 11.4 Å². The third-order valence-electron chi connectivity index (χ3n) is 2.97. The van der Waals surface area contributed by atoms with Crippen LogP contribution in [0.2, 0.25) is 5.02 Å². The molecule has 2 nitrogen and oxygen atoms in total. The molecular weight excluding hydrogens is 332 g/mol. The van der Waals surface area contributed by atoms with Gasteiger partial charge >= 0.3 is 0 Å². The molecule has 1 aromatic carbocycles. The maximum absolute atomic E-state index is 6.00. The average Bonchev–Trinajstić information content (AvgIpc) is 3.16. The smallest absolute Gasteiger partial charge is 0.144 e. The predicted octanol–water partition coefficient (Wildman–Crippen LogP) is 5.10. The summed E-state index contributed by atoms with van der Waals surface area (Å²) in [6.45, 7) is 0. The molecule has 5 heteroatoms. The van der Waals surface area contributed by atoms with Gasteiger partial charge in [-0.1, -0.05) is 36.0 Å². The van der Waals surface area contributed by atoms with Crippen LogP contribution in [0, 0.1) is 4.64 Å². The second-order valence-corrected chi connectivity index (χ2v) is 6.02. The van der Waals surface area contributed by atoms with Gasteiger partial charge in [-0.2, -0.15) is 0 Å². The van der Waals surface area contributed by atoms with Crippen molar-refractivity contribution in [2.75, 3.05) is 0 Å². The fraction of sp³-hybridized carbons (Fsp3) is 0.231. The normalized spacial score (nSPS) is 14.8. The molecule has 1 aliphatic carbocycles. The van der Waals surface area contributed by atoms with Gasteiger partial charge in [0.15, 0.2) is 0 Å². The van der Waals surface area contributed by atoms with E-state index in [1.165, 1.54) is 12.8 Å². The van der Waals surface area contributed by atoms with Crippen molar-refractivity contribution in [3.05, 3.63) is 44.1 Å². The number of aromatic amines is 1. The largest absolute Gasteiger partial charge is 0.342 e. The summed E-state index contributed by atoms with van der Waals surface area (Å²) in [6.07, 6.45) is 2.42. The number of nitrogens with one attached hydrogen (secondary N) is 1. The average molecular weight is 342 g/mol. The van der Waals surface area contributed by atoms with Crippen LogP contribution < -0.4 is 0 Å². The first-order chi connectivity index (χ1) is 8.65. The van der Waals surface area contributed by atoms with Crippen molar-refractivity contribution < 1.29 is 0 Å². The lowest BCUT2D eigenvalue weighted by atomic mass is 10.2. The summed E-state index contributed by atoms with van der Waals surface area (Å²) in [6, 6.07) is 7.62. The van der Waals surface area contributed by atoms with Crippen LogP contribution in [0.3, 0.4) is 0 Å². The van der Waals surface area contributed by atoms with Crippen molar-refractivity contribution in [1.82, 2.24) is 9.97 Å². The highest BCUT2D eigenvalue weighted by Gasteiger charge is 2.27. The topological polar surface area (TPSA) is 28.7 Å². The summed E-state index contributed by atoms with van der Waals surface area (Å²) in [4.78, 5) is 7.78. The molecule has 0 radical (unpaired) electrons. The summed E-state index contributed by atoms with van der Waals surface area (Å²) in [5.41, 5.74) is 2.12. The van der Waals surface area contributed by atoms with E-state index in [9.17, 15) is 0 Å². The van der Waals surface area contributed by atoms with Crippen LogP contribution in [0.25, 0.3) is 11.4 Å². The van der Waals surface area contributed by atoms with Crippen LogP contribution in [0.5, 0.6) is 0 Å². The molecule has 0 aliphatic heterocycles. The van der Waals surface area contributed by atoms with Gasteiger partial charge in [0.2, 0.25) is 0 Å². The Labute approximate surface area is 124 Å². The summed E-state index contributed by atoms with van der Waals surface area (Å²) >= 11 is 14.8. The third kappa shape index (κ3) is 2.37. The first-order valence-electron chi connectivity index (χ1n) is 5.71. The maximum atomic E-state index is 6.00. The van der Waals surface area contributed by atoms with Crippen LogP contribution in [0.1, 0.15) is 24.5 Å². The Kier molecular flexibility index (Phi) is 3.26. The molecule has 1 saturated carbocycles. The lowest BCUT2D eigenvalue weighted by Gasteiger charge is -2.08. The molecule has 2 aromatic rings. The molecular formula is C13H10BrClN2S. The molecule has 1 fully saturated rings. The zero-order chi connectivity index (χ0) is 12.7. The van der Waals surface area contributed by atoms with E-state index in [0.717, 1.165) is 21.6 Å². The lowest BCUT2D eigenvalue weighted by Crippen LogP contribution is -1.97. The maximum Gasteiger partial charge on any atom is 0.144 e. The van der Waals surface area contributed by atoms with E-state index in [2.05, 4.69) is 25.9 Å². The molecule has 0 saturated heterocycles. The van der Waals surface area contributed by atoms with Crippen LogP contribution in [0.15, 0.2) is 28.7 Å². The second kappa shape index (κ2) is 4.76. The van der Waals surface area contributed by atoms with Crippen molar-refractivity contribution >= 4 is 39.7 Å². The van der Waals surface area contributed by atoms with Gasteiger partial charge in [-0.05, 0) is 40.9 Å². The minimum Gasteiger partial charge on any atom is -0.342 e. The van der Waals surface area contributed by atoms with Crippen LogP contribution in [0.4, 0.5) is 0 Å². The molecule has 0 amide bonds. The van der Waals surface area contributed by atoms with E-state index >= 15 is 0 Å². The lowest BCUT2D eigenvalue weighted by molar-refractivity contribution is 0.973. The molecule has 3 rings (SSSR count). The summed E-state index contributed by atoms with van der Waals surface area (Å²) in [5.74, 6) is 1.37. The van der Waals surface area contributed by atoms with Gasteiger partial charge in [-0.25, -0.2) is 4.98 Å². The van der Waals surface area contributed by atoms with Gasteiger partial charge < -0.3 is 4.98 Å². The summed E-state index contributed by atoms with van der Waals surface area (Å²) < 4.78 is 1.52. The molecule has 0 atom stereocenters. The number of nitrogens with zero attached hydrogens (tertiary/aromatic N) is 1. The van der Waals surface area contributed by atoms with E-state index in [1.54, 1.807) is 0 Å². The van der Waals surface area contributed by atoms with Crippen molar-refractivity contribution in [2.45, 2.75) is 18.8 Å². The van der Waals surface area contributed by atoms with Crippen molar-refractivity contribution in [3.63, 3.8) is 0 Å². The molecule has 92 valence electrons. The Morgan fingerprint density at radius 1 is 1.39 bits per heavy atom. The van der Waals surface area contributed by atoms with E-state index < -0.39 is 0 Å². The number of rotatable bonds is 2. The van der Waals surface area contributed by atoms with E-state index in [4.69, 9.17) is 23.8 Å². The Balaban J connectivity index is 2.15. The minimum absolute atomic E-state index is 0.585. The molecule has 18 heavy (non-hydrogen) atoms. The number of hydrogen-bond acceptors (Lipinski definition) is 2. The zero-order valence-corrected chi connectivity index (χ0v) is 12.6. The van der Waals surface area contributed by atoms with Crippen molar-refractivity contribution in [1.29, 1.82) is 0 Å². The van der Waals surface area contributed by atoms with Gasteiger partial charge in [-0.15, -0.1) is 0 Å². The Morgan fingerprint density at radius 2 is 2.17 bits per heavy atom. The monoisotopic (exact) mass is 340 g/mol. The number of aromatic nitrogens is 2. The molecule has 1 aromatic heterocycles. The number of hydrogen-bond donors (Lipinski definition) is 1. The van der Waals surface area contributed by atoms with Gasteiger partial charge in [0.25, 0.3) is 0 Å². The second-order valence-electron chi connectivity index (χ2n) is 4.40. The third-order valence-corrected chi connectivity index (χ3v) is 4.57. The SMILES string of the molecule is S=c1nc(-c2cccc(Cl)c2)[nH]c(C2CC2)c1Br. The van der Waals surface area contributed by atoms with Gasteiger partial charge in [0.05, 0.1) is 4.47 Å². The van der Waals surface area contributed by atoms with Crippen molar-refractivity contribution in [2.24, 2.45) is 0 Å². The Bertz CT molecular complexity index is 664. The first-order valence-corrected chi connectivity index (χ1v) is 7.29. The Morgan fingerprint density at radius 3 is 2.83 bits per heavy atom. The Hall–Kier alpha value is -0.710. The van der Waals surface area contributed by atoms with Crippen LogP contribution >= 0.6 is 39.7 Å². The number of H-pyrrole nitrogens is 1. The molecule has 0 spiro atoms. The fourth-order valence-electron chi connectivity index (χ4n) is 1.90. The van der Waals surface area contributed by atoms with E-state index in [1.807, 2.05) is 24.3 Å². The molecule has 1 heterocycles. The summed E-state index contributed by atoms with van der Waals surface area (Å²) in [7, 11) is 0. The molecule has 0 unspecified atom stereocenters. The number of benzene rings is 1. The standard InChI is InChI=1S/C13H10BrClN2S/c14-10-11(7-4-5-7)16-12(17-13(10)18)8-2-1-3-9(15)6-8/h1-3,6-7H,4-5H2,(H,16,17,18). The predicted molar refractivity (Wildman–Crippen MR) is 79.5 cm³/mol. The zero-order valence-electron chi connectivity index (χ0n) is 9.41. The highest BCUT2D eigenvalue weighted by atomic mass is 79.9. The fourth-order valence-corrected chi connectivity index (χ4v) is 2.81. The molecule has 1 aliphatic rings. The minimum atomic E-state index is 0.585. The van der Waals surface area contributed by atoms with Gasteiger partial charge in [0.1, 0.15) is 10.5 Å². The van der Waals surface area contributed by atoms with Gasteiger partial charge in [0, 0.05) is 22.2 Å². The van der Waals surface area contributed by atoms with E-state index in [-0.39, 0.29) is 0 Å². The van der Waals surface area contributed by atoms with Crippen LogP contribution in [-0.2, 0) is 0 Å². The molecule has 0 bridgehead atoms. The first kappa shape index (κ1) is 12.3. The molecule has 1 N–H and O–H groups in total. The highest BCUT2D eigenvalue weighted by Crippen LogP contribution is 2.42. The highest BCUT2D eigenvalue weighted by molar-refractivity contribution is 9.10.